The number of nitrogens with one attached hydrogen (secondary N) is 1. The van der Waals surface area contributed by atoms with Crippen molar-refractivity contribution in [1.82, 2.24) is 14.7 Å². The average molecular weight is 372 g/mol. The summed E-state index contributed by atoms with van der Waals surface area (Å²) in [6.07, 6.45) is 4.90. The first-order valence-corrected chi connectivity index (χ1v) is 8.41. The van der Waals surface area contributed by atoms with Gasteiger partial charge in [0.05, 0.1) is 19.3 Å². The third kappa shape index (κ3) is 4.15. The van der Waals surface area contributed by atoms with E-state index in [4.69, 9.17) is 21.1 Å². The number of carbonyl (C=O) groups is 1. The molecule has 0 atom stereocenters. The Labute approximate surface area is 156 Å². The van der Waals surface area contributed by atoms with Gasteiger partial charge < -0.3 is 14.8 Å². The molecule has 2 heterocycles. The Balaban J connectivity index is 1.52. The van der Waals surface area contributed by atoms with Gasteiger partial charge in [-0.05, 0) is 30.3 Å². The number of aromatic nitrogens is 2. The topological polar surface area (TPSA) is 64.9 Å². The molecule has 0 unspecified atom stereocenters. The summed E-state index contributed by atoms with van der Waals surface area (Å²) < 4.78 is 12.6. The summed E-state index contributed by atoms with van der Waals surface area (Å²) in [5.74, 6) is 1.05. The molecule has 0 saturated carbocycles. The molecular formula is C19H18ClN3O3. The number of hydrogen-bond donors (Lipinski definition) is 1. The van der Waals surface area contributed by atoms with Crippen LogP contribution >= 0.6 is 11.6 Å². The molecule has 1 N–H and O–H groups in total. The van der Waals surface area contributed by atoms with E-state index in [2.05, 4.69) is 10.3 Å². The largest absolute Gasteiger partial charge is 0.493 e. The summed E-state index contributed by atoms with van der Waals surface area (Å²) in [6.45, 7) is 0.693. The molecule has 7 heteroatoms. The molecule has 0 aliphatic rings. The van der Waals surface area contributed by atoms with Crippen molar-refractivity contribution in [3.8, 4) is 11.5 Å². The highest BCUT2D eigenvalue weighted by atomic mass is 35.5. The van der Waals surface area contributed by atoms with Crippen LogP contribution in [0.2, 0.25) is 5.15 Å². The van der Waals surface area contributed by atoms with Gasteiger partial charge in [0.25, 0.3) is 0 Å². The Bertz CT molecular complexity index is 937. The number of methoxy groups -OCH3 is 1. The standard InChI is InChI=1S/C19H18ClN3O3/c1-25-15-6-2-3-7-16(15)26-13-11-21-18(24)10-9-14-19(20)22-17-8-4-5-12-23(14)17/h2-10,12H,11,13H2,1H3,(H,21,24)/b10-9+. The number of ether oxygens (including phenoxy) is 2. The molecule has 0 saturated heterocycles. The quantitative estimate of drug-likeness (QED) is 0.511. The summed E-state index contributed by atoms with van der Waals surface area (Å²) in [5.41, 5.74) is 1.38. The number of nitrogens with zero attached hydrogens (tertiary/aromatic N) is 2. The zero-order chi connectivity index (χ0) is 18.4. The molecule has 0 radical (unpaired) electrons. The number of imidazole rings is 1. The second kappa shape index (κ2) is 8.40. The molecule has 0 bridgehead atoms. The van der Waals surface area contributed by atoms with E-state index in [1.807, 2.05) is 53.1 Å². The van der Waals surface area contributed by atoms with Crippen molar-refractivity contribution in [2.75, 3.05) is 20.3 Å². The van der Waals surface area contributed by atoms with Crippen LogP contribution < -0.4 is 14.8 Å². The zero-order valence-electron chi connectivity index (χ0n) is 14.2. The summed E-state index contributed by atoms with van der Waals surface area (Å²) in [5, 5.41) is 3.10. The van der Waals surface area contributed by atoms with Crippen molar-refractivity contribution < 1.29 is 14.3 Å². The van der Waals surface area contributed by atoms with Gasteiger partial charge in [-0.15, -0.1) is 0 Å². The minimum absolute atomic E-state index is 0.240. The van der Waals surface area contributed by atoms with Crippen LogP contribution in [0.15, 0.2) is 54.7 Å². The lowest BCUT2D eigenvalue weighted by Gasteiger charge is -2.10. The number of para-hydroxylation sites is 2. The minimum Gasteiger partial charge on any atom is -0.493 e. The maximum absolute atomic E-state index is 12.0. The molecule has 0 aliphatic heterocycles. The molecule has 2 aromatic heterocycles. The van der Waals surface area contributed by atoms with E-state index in [9.17, 15) is 4.79 Å². The van der Waals surface area contributed by atoms with Gasteiger partial charge in [-0.1, -0.05) is 29.8 Å². The fraction of sp³-hybridized carbons (Fsp3) is 0.158. The maximum atomic E-state index is 12.0. The van der Waals surface area contributed by atoms with Crippen LogP contribution in [-0.4, -0.2) is 35.6 Å². The summed E-state index contributed by atoms with van der Waals surface area (Å²) in [4.78, 5) is 16.2. The normalized spacial score (nSPS) is 11.0. The number of fused-ring (bicyclic) bond motifs is 1. The van der Waals surface area contributed by atoms with Crippen LogP contribution in [-0.2, 0) is 4.79 Å². The number of benzene rings is 1. The highest BCUT2D eigenvalue weighted by molar-refractivity contribution is 6.31. The van der Waals surface area contributed by atoms with E-state index in [0.29, 0.717) is 35.5 Å². The molecule has 1 aromatic carbocycles. The number of halogens is 1. The number of amides is 1. The van der Waals surface area contributed by atoms with Gasteiger partial charge in [0.2, 0.25) is 5.91 Å². The molecule has 3 rings (SSSR count). The van der Waals surface area contributed by atoms with Crippen molar-refractivity contribution >= 4 is 29.2 Å². The van der Waals surface area contributed by atoms with Gasteiger partial charge in [-0.2, -0.15) is 0 Å². The molecule has 0 aliphatic carbocycles. The van der Waals surface area contributed by atoms with E-state index in [-0.39, 0.29) is 5.91 Å². The fourth-order valence-corrected chi connectivity index (χ4v) is 2.66. The van der Waals surface area contributed by atoms with Crippen molar-refractivity contribution in [1.29, 1.82) is 0 Å². The molecule has 0 fully saturated rings. The monoisotopic (exact) mass is 371 g/mol. The predicted molar refractivity (Wildman–Crippen MR) is 101 cm³/mol. The molecule has 134 valence electrons. The average Bonchev–Trinajstić information content (AvgIpc) is 2.99. The fourth-order valence-electron chi connectivity index (χ4n) is 2.42. The van der Waals surface area contributed by atoms with Gasteiger partial charge in [0, 0.05) is 12.3 Å². The highest BCUT2D eigenvalue weighted by Crippen LogP contribution is 2.25. The summed E-state index contributed by atoms with van der Waals surface area (Å²) >= 11 is 6.13. The second-order valence-corrected chi connectivity index (χ2v) is 5.70. The van der Waals surface area contributed by atoms with Gasteiger partial charge in [-0.25, -0.2) is 4.98 Å². The summed E-state index contributed by atoms with van der Waals surface area (Å²) in [7, 11) is 1.58. The molecule has 3 aromatic rings. The molecule has 1 amide bonds. The zero-order valence-corrected chi connectivity index (χ0v) is 14.9. The van der Waals surface area contributed by atoms with Gasteiger partial charge in [0.1, 0.15) is 12.3 Å². The number of carbonyl (C=O) groups excluding carboxylic acids is 1. The van der Waals surface area contributed by atoms with Crippen molar-refractivity contribution in [2.45, 2.75) is 0 Å². The lowest BCUT2D eigenvalue weighted by Crippen LogP contribution is -2.26. The van der Waals surface area contributed by atoms with E-state index in [0.717, 1.165) is 5.65 Å². The van der Waals surface area contributed by atoms with Crippen molar-refractivity contribution in [2.24, 2.45) is 0 Å². The van der Waals surface area contributed by atoms with Crippen molar-refractivity contribution in [3.05, 3.63) is 65.6 Å². The Kier molecular flexibility index (Phi) is 5.76. The predicted octanol–water partition coefficient (Wildman–Crippen LogP) is 3.20. The van der Waals surface area contributed by atoms with Gasteiger partial charge in [0.15, 0.2) is 16.7 Å². The highest BCUT2D eigenvalue weighted by Gasteiger charge is 2.07. The molecular weight excluding hydrogens is 354 g/mol. The molecule has 6 nitrogen and oxygen atoms in total. The van der Waals surface area contributed by atoms with E-state index >= 15 is 0 Å². The third-order valence-corrected chi connectivity index (χ3v) is 3.92. The summed E-state index contributed by atoms with van der Waals surface area (Å²) in [6, 6.07) is 12.9. The number of hydrogen-bond acceptors (Lipinski definition) is 4. The van der Waals surface area contributed by atoms with E-state index < -0.39 is 0 Å². The first kappa shape index (κ1) is 17.8. The van der Waals surface area contributed by atoms with Crippen LogP contribution in [0.5, 0.6) is 11.5 Å². The minimum atomic E-state index is -0.240. The van der Waals surface area contributed by atoms with Gasteiger partial charge in [-0.3, -0.25) is 9.20 Å². The maximum Gasteiger partial charge on any atom is 0.244 e. The van der Waals surface area contributed by atoms with Crippen LogP contribution in [0.3, 0.4) is 0 Å². The molecule has 26 heavy (non-hydrogen) atoms. The number of pyridine rings is 1. The lowest BCUT2D eigenvalue weighted by molar-refractivity contribution is -0.116. The van der Waals surface area contributed by atoms with Crippen LogP contribution in [0.4, 0.5) is 0 Å². The molecule has 0 spiro atoms. The van der Waals surface area contributed by atoms with E-state index in [1.54, 1.807) is 13.2 Å². The smallest absolute Gasteiger partial charge is 0.244 e. The Morgan fingerprint density at radius 2 is 2.00 bits per heavy atom. The Morgan fingerprint density at radius 3 is 2.81 bits per heavy atom. The number of rotatable bonds is 7. The Hall–Kier alpha value is -2.99. The first-order valence-electron chi connectivity index (χ1n) is 8.03. The van der Waals surface area contributed by atoms with Crippen molar-refractivity contribution in [3.63, 3.8) is 0 Å². The van der Waals surface area contributed by atoms with Gasteiger partial charge >= 0.3 is 0 Å². The second-order valence-electron chi connectivity index (χ2n) is 5.34. The van der Waals surface area contributed by atoms with E-state index in [1.165, 1.54) is 6.08 Å². The van der Waals surface area contributed by atoms with Crippen LogP contribution in [0.1, 0.15) is 5.69 Å². The lowest BCUT2D eigenvalue weighted by atomic mass is 10.3. The Morgan fingerprint density at radius 1 is 1.23 bits per heavy atom. The van der Waals surface area contributed by atoms with Crippen LogP contribution in [0.25, 0.3) is 11.7 Å². The SMILES string of the molecule is COc1ccccc1OCCNC(=O)/C=C/c1c(Cl)nc2ccccn12. The third-order valence-electron chi connectivity index (χ3n) is 3.64. The van der Waals surface area contributed by atoms with Crippen LogP contribution in [0, 0.1) is 0 Å². The first-order chi connectivity index (χ1) is 12.7.